The maximum atomic E-state index is 12.1. The summed E-state index contributed by atoms with van der Waals surface area (Å²) in [6.45, 7) is 1.96. The van der Waals surface area contributed by atoms with Crippen molar-refractivity contribution in [1.29, 1.82) is 0 Å². The second kappa shape index (κ2) is 5.52. The third-order valence-electron chi connectivity index (χ3n) is 3.51. The predicted octanol–water partition coefficient (Wildman–Crippen LogP) is 3.04. The van der Waals surface area contributed by atoms with Crippen LogP contribution in [0, 0.1) is 6.92 Å². The maximum absolute atomic E-state index is 12.1. The molecule has 5 nitrogen and oxygen atoms in total. The SMILES string of the molecule is Cc1ccc2nc(Nc3ccc(N(C)C)cc3)[nH]c(=O)c2c1. The fourth-order valence-electron chi connectivity index (χ4n) is 2.29. The van der Waals surface area contributed by atoms with Crippen LogP contribution in [0.4, 0.5) is 17.3 Å². The summed E-state index contributed by atoms with van der Waals surface area (Å²) in [7, 11) is 3.99. The standard InChI is InChI=1S/C17H18N4O/c1-11-4-9-15-14(10-11)16(22)20-17(19-15)18-12-5-7-13(8-6-12)21(2)3/h4-10H,1-3H3,(H2,18,19,20,22). The molecule has 0 spiro atoms. The number of aromatic nitrogens is 2. The predicted molar refractivity (Wildman–Crippen MR) is 91.2 cm³/mol. The molecule has 5 heteroatoms. The van der Waals surface area contributed by atoms with Gasteiger partial charge in [0.15, 0.2) is 0 Å². The van der Waals surface area contributed by atoms with E-state index in [1.54, 1.807) is 0 Å². The zero-order valence-electron chi connectivity index (χ0n) is 12.8. The molecule has 0 aliphatic carbocycles. The summed E-state index contributed by atoms with van der Waals surface area (Å²) in [5.41, 5.74) is 3.57. The second-order valence-corrected chi connectivity index (χ2v) is 5.50. The highest BCUT2D eigenvalue weighted by molar-refractivity contribution is 5.79. The Kier molecular flexibility index (Phi) is 3.55. The van der Waals surface area contributed by atoms with Gasteiger partial charge in [-0.05, 0) is 43.3 Å². The minimum atomic E-state index is -0.138. The van der Waals surface area contributed by atoms with Crippen molar-refractivity contribution >= 4 is 28.2 Å². The summed E-state index contributed by atoms with van der Waals surface area (Å²) in [5.74, 6) is 0.443. The van der Waals surface area contributed by atoms with Crippen LogP contribution < -0.4 is 15.8 Å². The van der Waals surface area contributed by atoms with E-state index in [9.17, 15) is 4.79 Å². The highest BCUT2D eigenvalue weighted by Gasteiger charge is 2.04. The maximum Gasteiger partial charge on any atom is 0.260 e. The molecule has 1 aromatic heterocycles. The van der Waals surface area contributed by atoms with Gasteiger partial charge in [0.1, 0.15) is 0 Å². The first kappa shape index (κ1) is 14.1. The lowest BCUT2D eigenvalue weighted by atomic mass is 10.2. The normalized spacial score (nSPS) is 10.7. The Morgan fingerprint density at radius 1 is 1.09 bits per heavy atom. The number of hydrogen-bond donors (Lipinski definition) is 2. The molecule has 3 aromatic rings. The van der Waals surface area contributed by atoms with Crippen molar-refractivity contribution < 1.29 is 0 Å². The third-order valence-corrected chi connectivity index (χ3v) is 3.51. The number of nitrogens with zero attached hydrogens (tertiary/aromatic N) is 2. The molecule has 2 N–H and O–H groups in total. The van der Waals surface area contributed by atoms with Gasteiger partial charge in [-0.1, -0.05) is 11.6 Å². The van der Waals surface area contributed by atoms with Crippen molar-refractivity contribution in [3.05, 3.63) is 58.4 Å². The molecule has 3 rings (SSSR count). The largest absolute Gasteiger partial charge is 0.378 e. The molecule has 0 amide bonds. The van der Waals surface area contributed by atoms with Crippen LogP contribution in [0.3, 0.4) is 0 Å². The van der Waals surface area contributed by atoms with Gasteiger partial charge in [0, 0.05) is 25.5 Å². The Morgan fingerprint density at radius 2 is 1.82 bits per heavy atom. The van der Waals surface area contributed by atoms with Gasteiger partial charge in [0.2, 0.25) is 5.95 Å². The van der Waals surface area contributed by atoms with Crippen LogP contribution in [0.2, 0.25) is 0 Å². The number of hydrogen-bond acceptors (Lipinski definition) is 4. The zero-order chi connectivity index (χ0) is 15.7. The number of aryl methyl sites for hydroxylation is 1. The minimum absolute atomic E-state index is 0.138. The molecule has 0 aliphatic heterocycles. The molecular formula is C17H18N4O. The van der Waals surface area contributed by atoms with E-state index in [1.165, 1.54) is 0 Å². The van der Waals surface area contributed by atoms with Crippen molar-refractivity contribution in [3.8, 4) is 0 Å². The Labute approximate surface area is 128 Å². The van der Waals surface area contributed by atoms with Crippen LogP contribution in [-0.2, 0) is 0 Å². The van der Waals surface area contributed by atoms with Gasteiger partial charge in [-0.3, -0.25) is 9.78 Å². The van der Waals surface area contributed by atoms with E-state index in [4.69, 9.17) is 0 Å². The monoisotopic (exact) mass is 294 g/mol. The van der Waals surface area contributed by atoms with Gasteiger partial charge in [-0.25, -0.2) is 4.98 Å². The summed E-state index contributed by atoms with van der Waals surface area (Å²) >= 11 is 0. The Bertz CT molecular complexity index is 866. The molecule has 0 fully saturated rings. The number of fused-ring (bicyclic) bond motifs is 1. The summed E-state index contributed by atoms with van der Waals surface area (Å²) in [5, 5.41) is 3.74. The van der Waals surface area contributed by atoms with E-state index < -0.39 is 0 Å². The molecule has 0 radical (unpaired) electrons. The molecule has 0 saturated carbocycles. The molecule has 0 unspecified atom stereocenters. The molecule has 22 heavy (non-hydrogen) atoms. The first-order chi connectivity index (χ1) is 10.5. The molecule has 2 aromatic carbocycles. The van der Waals surface area contributed by atoms with Crippen LogP contribution in [-0.4, -0.2) is 24.1 Å². The van der Waals surface area contributed by atoms with Crippen molar-refractivity contribution in [2.45, 2.75) is 6.92 Å². The van der Waals surface area contributed by atoms with Crippen LogP contribution in [0.15, 0.2) is 47.3 Å². The smallest absolute Gasteiger partial charge is 0.260 e. The van der Waals surface area contributed by atoms with E-state index in [2.05, 4.69) is 15.3 Å². The first-order valence-electron chi connectivity index (χ1n) is 7.08. The van der Waals surface area contributed by atoms with E-state index in [0.29, 0.717) is 16.9 Å². The van der Waals surface area contributed by atoms with Gasteiger partial charge in [0.05, 0.1) is 10.9 Å². The van der Waals surface area contributed by atoms with Crippen LogP contribution in [0.25, 0.3) is 10.9 Å². The van der Waals surface area contributed by atoms with Crippen LogP contribution in [0.1, 0.15) is 5.56 Å². The van der Waals surface area contributed by atoms with Crippen LogP contribution in [0.5, 0.6) is 0 Å². The highest BCUT2D eigenvalue weighted by atomic mass is 16.1. The van der Waals surface area contributed by atoms with Crippen molar-refractivity contribution in [2.24, 2.45) is 0 Å². The lowest BCUT2D eigenvalue weighted by Gasteiger charge is -2.13. The average molecular weight is 294 g/mol. The summed E-state index contributed by atoms with van der Waals surface area (Å²) in [6, 6.07) is 13.6. The minimum Gasteiger partial charge on any atom is -0.378 e. The lowest BCUT2D eigenvalue weighted by Crippen LogP contribution is -2.11. The highest BCUT2D eigenvalue weighted by Crippen LogP contribution is 2.19. The molecular weight excluding hydrogens is 276 g/mol. The molecule has 0 bridgehead atoms. The lowest BCUT2D eigenvalue weighted by molar-refractivity contribution is 1.13. The van der Waals surface area contributed by atoms with Gasteiger partial charge < -0.3 is 10.2 Å². The number of aromatic amines is 1. The number of rotatable bonds is 3. The molecule has 0 saturated heterocycles. The number of nitrogens with one attached hydrogen (secondary N) is 2. The van der Waals surface area contributed by atoms with Gasteiger partial charge in [-0.15, -0.1) is 0 Å². The summed E-state index contributed by atoms with van der Waals surface area (Å²) in [6.07, 6.45) is 0. The zero-order valence-corrected chi connectivity index (χ0v) is 12.8. The average Bonchev–Trinajstić information content (AvgIpc) is 2.49. The molecule has 0 aliphatic rings. The van der Waals surface area contributed by atoms with E-state index in [0.717, 1.165) is 16.9 Å². The van der Waals surface area contributed by atoms with Crippen molar-refractivity contribution in [1.82, 2.24) is 9.97 Å². The Balaban J connectivity index is 1.94. The molecule has 1 heterocycles. The summed E-state index contributed by atoms with van der Waals surface area (Å²) in [4.78, 5) is 21.4. The van der Waals surface area contributed by atoms with E-state index in [1.807, 2.05) is 68.4 Å². The summed E-state index contributed by atoms with van der Waals surface area (Å²) < 4.78 is 0. The molecule has 0 atom stereocenters. The van der Waals surface area contributed by atoms with Crippen LogP contribution >= 0.6 is 0 Å². The van der Waals surface area contributed by atoms with E-state index in [-0.39, 0.29) is 5.56 Å². The van der Waals surface area contributed by atoms with Gasteiger partial charge in [0.25, 0.3) is 5.56 Å². The molecule has 112 valence electrons. The fraction of sp³-hybridized carbons (Fsp3) is 0.176. The second-order valence-electron chi connectivity index (χ2n) is 5.50. The number of H-pyrrole nitrogens is 1. The Hall–Kier alpha value is -2.82. The first-order valence-corrected chi connectivity index (χ1v) is 7.08. The number of anilines is 3. The van der Waals surface area contributed by atoms with Crippen molar-refractivity contribution in [3.63, 3.8) is 0 Å². The quantitative estimate of drug-likeness (QED) is 0.779. The van der Waals surface area contributed by atoms with E-state index >= 15 is 0 Å². The Morgan fingerprint density at radius 3 is 2.50 bits per heavy atom. The van der Waals surface area contributed by atoms with Gasteiger partial charge in [-0.2, -0.15) is 0 Å². The topological polar surface area (TPSA) is 61.0 Å². The fourth-order valence-corrected chi connectivity index (χ4v) is 2.29. The number of benzene rings is 2. The van der Waals surface area contributed by atoms with Gasteiger partial charge >= 0.3 is 0 Å². The van der Waals surface area contributed by atoms with Crippen molar-refractivity contribution in [2.75, 3.05) is 24.3 Å². The third kappa shape index (κ3) is 2.79.